The van der Waals surface area contributed by atoms with Crippen LogP contribution in [0.4, 0.5) is 0 Å². The van der Waals surface area contributed by atoms with Gasteiger partial charge in [0.1, 0.15) is 0 Å². The molecule has 0 aromatic rings. The summed E-state index contributed by atoms with van der Waals surface area (Å²) >= 11 is 0. The van der Waals surface area contributed by atoms with Gasteiger partial charge in [0.25, 0.3) is 0 Å². The van der Waals surface area contributed by atoms with E-state index in [0.717, 1.165) is 25.0 Å². The highest BCUT2D eigenvalue weighted by Gasteiger charge is 2.37. The third-order valence-corrected chi connectivity index (χ3v) is 5.75. The molecule has 2 aliphatic carbocycles. The predicted molar refractivity (Wildman–Crippen MR) is 89.5 cm³/mol. The molecule has 2 atom stereocenters. The van der Waals surface area contributed by atoms with Gasteiger partial charge in [0.2, 0.25) is 0 Å². The summed E-state index contributed by atoms with van der Waals surface area (Å²) in [6, 6.07) is 0.719. The Labute approximate surface area is 131 Å². The van der Waals surface area contributed by atoms with Crippen LogP contribution in [-0.2, 0) is 0 Å². The number of aliphatic hydroxyl groups is 1. The number of rotatable bonds is 7. The standard InChI is InChI=1S/C18H36N2O/c1-16-7-6-10-18(13-16,14-19-2)15-20(11-12-21)17-8-4-3-5-9-17/h16-17,19,21H,3-15H2,1-2H3. The minimum absolute atomic E-state index is 0.307. The van der Waals surface area contributed by atoms with Gasteiger partial charge in [-0.25, -0.2) is 0 Å². The van der Waals surface area contributed by atoms with Crippen molar-refractivity contribution in [3.05, 3.63) is 0 Å². The lowest BCUT2D eigenvalue weighted by Gasteiger charge is -2.46. The molecular weight excluding hydrogens is 260 g/mol. The third-order valence-electron chi connectivity index (χ3n) is 5.75. The average Bonchev–Trinajstić information content (AvgIpc) is 2.48. The number of aliphatic hydroxyl groups excluding tert-OH is 1. The van der Waals surface area contributed by atoms with Crippen molar-refractivity contribution < 1.29 is 5.11 Å². The first-order chi connectivity index (χ1) is 10.2. The quantitative estimate of drug-likeness (QED) is 0.758. The molecule has 0 spiro atoms. The summed E-state index contributed by atoms with van der Waals surface area (Å²) in [7, 11) is 2.10. The molecule has 2 N–H and O–H groups in total. The van der Waals surface area contributed by atoms with Crippen molar-refractivity contribution in [2.24, 2.45) is 11.3 Å². The van der Waals surface area contributed by atoms with E-state index in [4.69, 9.17) is 0 Å². The van der Waals surface area contributed by atoms with Crippen LogP contribution < -0.4 is 5.32 Å². The second-order valence-electron chi connectivity index (χ2n) is 7.72. The number of nitrogens with one attached hydrogen (secondary N) is 1. The molecule has 0 bridgehead atoms. The van der Waals surface area contributed by atoms with Gasteiger partial charge in [-0.15, -0.1) is 0 Å². The highest BCUT2D eigenvalue weighted by atomic mass is 16.3. The first-order valence-corrected chi connectivity index (χ1v) is 9.18. The lowest BCUT2D eigenvalue weighted by atomic mass is 9.69. The second kappa shape index (κ2) is 8.50. The zero-order valence-electron chi connectivity index (χ0n) is 14.2. The Kier molecular flexibility index (Phi) is 6.97. The van der Waals surface area contributed by atoms with Gasteiger partial charge in [-0.1, -0.05) is 39.0 Å². The summed E-state index contributed by atoms with van der Waals surface area (Å²) in [6.45, 7) is 5.90. The molecule has 0 radical (unpaired) electrons. The van der Waals surface area contributed by atoms with Gasteiger partial charge < -0.3 is 10.4 Å². The van der Waals surface area contributed by atoms with Crippen LogP contribution in [0, 0.1) is 11.3 Å². The molecule has 3 heteroatoms. The van der Waals surface area contributed by atoms with Crippen molar-refractivity contribution in [2.75, 3.05) is 33.3 Å². The Hall–Kier alpha value is -0.120. The molecule has 2 rings (SSSR count). The number of hydrogen-bond donors (Lipinski definition) is 2. The Bertz CT molecular complexity index is 287. The van der Waals surface area contributed by atoms with Crippen LogP contribution in [0.3, 0.4) is 0 Å². The first kappa shape index (κ1) is 17.2. The maximum Gasteiger partial charge on any atom is 0.0558 e. The third kappa shape index (κ3) is 4.94. The monoisotopic (exact) mass is 296 g/mol. The van der Waals surface area contributed by atoms with E-state index >= 15 is 0 Å². The average molecular weight is 296 g/mol. The molecule has 124 valence electrons. The van der Waals surface area contributed by atoms with Gasteiger partial charge in [-0.3, -0.25) is 4.90 Å². The smallest absolute Gasteiger partial charge is 0.0558 e. The SMILES string of the molecule is CNCC1(CN(CCO)C2CCCCC2)CCCC(C)C1. The van der Waals surface area contributed by atoms with Crippen molar-refractivity contribution >= 4 is 0 Å². The van der Waals surface area contributed by atoms with Crippen molar-refractivity contribution in [3.8, 4) is 0 Å². The summed E-state index contributed by atoms with van der Waals surface area (Å²) < 4.78 is 0. The van der Waals surface area contributed by atoms with Crippen LogP contribution in [0.1, 0.15) is 64.7 Å². The molecule has 3 nitrogen and oxygen atoms in total. The van der Waals surface area contributed by atoms with E-state index in [2.05, 4.69) is 24.2 Å². The summed E-state index contributed by atoms with van der Waals surface area (Å²) in [5, 5.41) is 13.0. The molecule has 0 aromatic carbocycles. The zero-order chi connectivity index (χ0) is 15.1. The molecule has 2 aliphatic rings. The molecular formula is C18H36N2O. The first-order valence-electron chi connectivity index (χ1n) is 9.18. The zero-order valence-corrected chi connectivity index (χ0v) is 14.2. The van der Waals surface area contributed by atoms with Gasteiger partial charge in [0.05, 0.1) is 6.61 Å². The fraction of sp³-hybridized carbons (Fsp3) is 1.00. The van der Waals surface area contributed by atoms with E-state index < -0.39 is 0 Å². The van der Waals surface area contributed by atoms with Crippen molar-refractivity contribution in [1.82, 2.24) is 10.2 Å². The molecule has 0 aliphatic heterocycles. The Morgan fingerprint density at radius 3 is 2.52 bits per heavy atom. The molecule has 2 saturated carbocycles. The maximum absolute atomic E-state index is 9.51. The Balaban J connectivity index is 2.03. The minimum Gasteiger partial charge on any atom is -0.395 e. The Morgan fingerprint density at radius 2 is 1.90 bits per heavy atom. The van der Waals surface area contributed by atoms with Crippen molar-refractivity contribution in [3.63, 3.8) is 0 Å². The van der Waals surface area contributed by atoms with Gasteiger partial charge in [-0.05, 0) is 44.1 Å². The van der Waals surface area contributed by atoms with Gasteiger partial charge in [0.15, 0.2) is 0 Å². The summed E-state index contributed by atoms with van der Waals surface area (Å²) in [4.78, 5) is 2.63. The van der Waals surface area contributed by atoms with E-state index in [9.17, 15) is 5.11 Å². The summed E-state index contributed by atoms with van der Waals surface area (Å²) in [6.07, 6.45) is 12.3. The maximum atomic E-state index is 9.51. The topological polar surface area (TPSA) is 35.5 Å². The van der Waals surface area contributed by atoms with Crippen LogP contribution in [0.2, 0.25) is 0 Å². The molecule has 2 unspecified atom stereocenters. The molecule has 0 aromatic heterocycles. The fourth-order valence-electron chi connectivity index (χ4n) is 4.90. The van der Waals surface area contributed by atoms with Gasteiger partial charge in [0, 0.05) is 25.7 Å². The van der Waals surface area contributed by atoms with E-state index in [1.165, 1.54) is 64.3 Å². The largest absolute Gasteiger partial charge is 0.395 e. The van der Waals surface area contributed by atoms with E-state index in [0.29, 0.717) is 12.0 Å². The van der Waals surface area contributed by atoms with Crippen LogP contribution in [0.25, 0.3) is 0 Å². The highest BCUT2D eigenvalue weighted by molar-refractivity contribution is 4.91. The van der Waals surface area contributed by atoms with Crippen molar-refractivity contribution in [2.45, 2.75) is 70.8 Å². The van der Waals surface area contributed by atoms with E-state index in [1.54, 1.807) is 0 Å². The van der Waals surface area contributed by atoms with Crippen LogP contribution in [0.5, 0.6) is 0 Å². The van der Waals surface area contributed by atoms with E-state index in [-0.39, 0.29) is 0 Å². The minimum atomic E-state index is 0.307. The van der Waals surface area contributed by atoms with Crippen LogP contribution >= 0.6 is 0 Å². The lowest BCUT2D eigenvalue weighted by molar-refractivity contribution is 0.0377. The Morgan fingerprint density at radius 1 is 1.14 bits per heavy atom. The molecule has 0 saturated heterocycles. The molecule has 21 heavy (non-hydrogen) atoms. The van der Waals surface area contributed by atoms with E-state index in [1.807, 2.05) is 0 Å². The lowest BCUT2D eigenvalue weighted by Crippen LogP contribution is -2.50. The molecule has 0 amide bonds. The normalized spacial score (nSPS) is 31.7. The number of hydrogen-bond acceptors (Lipinski definition) is 3. The van der Waals surface area contributed by atoms with Gasteiger partial charge >= 0.3 is 0 Å². The number of nitrogens with zero attached hydrogens (tertiary/aromatic N) is 1. The molecule has 2 fully saturated rings. The fourth-order valence-corrected chi connectivity index (χ4v) is 4.90. The predicted octanol–water partition coefficient (Wildman–Crippen LogP) is 3.03. The second-order valence-corrected chi connectivity index (χ2v) is 7.72. The molecule has 0 heterocycles. The van der Waals surface area contributed by atoms with Crippen LogP contribution in [-0.4, -0.2) is 49.3 Å². The van der Waals surface area contributed by atoms with Gasteiger partial charge in [-0.2, -0.15) is 0 Å². The van der Waals surface area contributed by atoms with Crippen molar-refractivity contribution in [1.29, 1.82) is 0 Å². The summed E-state index contributed by atoms with van der Waals surface area (Å²) in [5.41, 5.74) is 0.430. The highest BCUT2D eigenvalue weighted by Crippen LogP contribution is 2.40. The van der Waals surface area contributed by atoms with Crippen LogP contribution in [0.15, 0.2) is 0 Å². The summed E-state index contributed by atoms with van der Waals surface area (Å²) in [5.74, 6) is 0.856.